The van der Waals surface area contributed by atoms with Crippen molar-refractivity contribution in [2.45, 2.75) is 12.8 Å². The van der Waals surface area contributed by atoms with Crippen molar-refractivity contribution < 1.29 is 4.79 Å². The van der Waals surface area contributed by atoms with Crippen molar-refractivity contribution in [1.82, 2.24) is 14.9 Å². The van der Waals surface area contributed by atoms with E-state index in [1.54, 1.807) is 9.80 Å². The van der Waals surface area contributed by atoms with E-state index in [-0.39, 0.29) is 11.5 Å². The molecule has 7 heteroatoms. The SMILES string of the molecule is CN(C)c1nc2c(c(=O)[nH]1)CCN(C(=O)c1ccsc1)CC2. The largest absolute Gasteiger partial charge is 0.348 e. The molecule has 2 aromatic rings. The van der Waals surface area contributed by atoms with Gasteiger partial charge >= 0.3 is 0 Å². The number of aromatic nitrogens is 2. The molecule has 22 heavy (non-hydrogen) atoms. The Morgan fingerprint density at radius 1 is 1.36 bits per heavy atom. The Morgan fingerprint density at radius 2 is 2.14 bits per heavy atom. The Labute approximate surface area is 132 Å². The molecule has 0 aliphatic carbocycles. The number of carbonyl (C=O) groups is 1. The van der Waals surface area contributed by atoms with Crippen LogP contribution >= 0.6 is 11.3 Å². The first-order chi connectivity index (χ1) is 10.6. The predicted octanol–water partition coefficient (Wildman–Crippen LogP) is 1.14. The van der Waals surface area contributed by atoms with Crippen LogP contribution in [0.1, 0.15) is 21.6 Å². The van der Waals surface area contributed by atoms with Crippen LogP contribution in [0.2, 0.25) is 0 Å². The molecule has 1 amide bonds. The fourth-order valence-electron chi connectivity index (χ4n) is 2.58. The molecule has 0 aromatic carbocycles. The highest BCUT2D eigenvalue weighted by Gasteiger charge is 2.23. The third kappa shape index (κ3) is 2.76. The molecular weight excluding hydrogens is 300 g/mol. The highest BCUT2D eigenvalue weighted by Crippen LogP contribution is 2.16. The number of aromatic amines is 1. The van der Waals surface area contributed by atoms with Gasteiger partial charge in [0.15, 0.2) is 0 Å². The zero-order valence-electron chi connectivity index (χ0n) is 12.6. The minimum atomic E-state index is -0.0986. The zero-order valence-corrected chi connectivity index (χ0v) is 13.4. The number of nitrogens with zero attached hydrogens (tertiary/aromatic N) is 3. The van der Waals surface area contributed by atoms with E-state index in [1.165, 1.54) is 11.3 Å². The molecule has 0 unspecified atom stereocenters. The number of hydrogen-bond acceptors (Lipinski definition) is 5. The molecule has 0 radical (unpaired) electrons. The predicted molar refractivity (Wildman–Crippen MR) is 86.8 cm³/mol. The van der Waals surface area contributed by atoms with Crippen LogP contribution in [0.25, 0.3) is 0 Å². The number of amides is 1. The van der Waals surface area contributed by atoms with E-state index in [9.17, 15) is 9.59 Å². The summed E-state index contributed by atoms with van der Waals surface area (Å²) in [6.45, 7) is 1.14. The third-order valence-electron chi connectivity index (χ3n) is 3.82. The van der Waals surface area contributed by atoms with E-state index < -0.39 is 0 Å². The second-order valence-corrected chi connectivity index (χ2v) is 6.29. The van der Waals surface area contributed by atoms with Crippen LogP contribution in [-0.2, 0) is 12.8 Å². The van der Waals surface area contributed by atoms with Crippen LogP contribution < -0.4 is 10.5 Å². The normalized spacial score (nSPS) is 14.4. The lowest BCUT2D eigenvalue weighted by Gasteiger charge is -2.19. The molecule has 1 N–H and O–H groups in total. The fourth-order valence-corrected chi connectivity index (χ4v) is 3.21. The minimum absolute atomic E-state index is 0.0262. The van der Waals surface area contributed by atoms with Gasteiger partial charge in [0.1, 0.15) is 0 Å². The van der Waals surface area contributed by atoms with Crippen molar-refractivity contribution in [3.63, 3.8) is 0 Å². The summed E-state index contributed by atoms with van der Waals surface area (Å²) in [5.74, 6) is 0.583. The van der Waals surface area contributed by atoms with Gasteiger partial charge in [0.2, 0.25) is 5.95 Å². The zero-order chi connectivity index (χ0) is 15.7. The first kappa shape index (κ1) is 14.8. The standard InChI is InChI=1S/C15H18N4O2S/c1-18(2)15-16-12-4-7-19(6-3-11(12)13(20)17-15)14(21)10-5-8-22-9-10/h5,8-9H,3-4,6-7H2,1-2H3,(H,16,17,20). The van der Waals surface area contributed by atoms with Gasteiger partial charge in [-0.3, -0.25) is 14.6 Å². The molecule has 0 fully saturated rings. The number of carbonyl (C=O) groups excluding carboxylic acids is 1. The average Bonchev–Trinajstić information content (AvgIpc) is 2.93. The van der Waals surface area contributed by atoms with Gasteiger partial charge in [0, 0.05) is 44.5 Å². The van der Waals surface area contributed by atoms with Gasteiger partial charge in [-0.25, -0.2) is 4.98 Å². The summed E-state index contributed by atoms with van der Waals surface area (Å²) in [7, 11) is 3.68. The molecular formula is C15H18N4O2S. The summed E-state index contributed by atoms with van der Waals surface area (Å²) in [4.78, 5) is 35.6. The number of rotatable bonds is 2. The maximum Gasteiger partial charge on any atom is 0.255 e. The highest BCUT2D eigenvalue weighted by molar-refractivity contribution is 7.08. The summed E-state index contributed by atoms with van der Waals surface area (Å²) in [6.07, 6.45) is 1.15. The molecule has 6 nitrogen and oxygen atoms in total. The number of nitrogens with one attached hydrogen (secondary N) is 1. The summed E-state index contributed by atoms with van der Waals surface area (Å²) in [5, 5.41) is 3.75. The lowest BCUT2D eigenvalue weighted by molar-refractivity contribution is 0.0763. The third-order valence-corrected chi connectivity index (χ3v) is 4.50. The summed E-state index contributed by atoms with van der Waals surface area (Å²) in [5.41, 5.74) is 2.12. The first-order valence-corrected chi connectivity index (χ1v) is 8.11. The lowest BCUT2D eigenvalue weighted by atomic mass is 10.1. The van der Waals surface area contributed by atoms with Crippen LogP contribution in [0.5, 0.6) is 0 Å². The molecule has 0 atom stereocenters. The van der Waals surface area contributed by atoms with E-state index in [0.29, 0.717) is 43.0 Å². The van der Waals surface area contributed by atoms with Crippen molar-refractivity contribution in [2.24, 2.45) is 0 Å². The van der Waals surface area contributed by atoms with E-state index in [2.05, 4.69) is 9.97 Å². The van der Waals surface area contributed by atoms with Gasteiger partial charge in [-0.15, -0.1) is 0 Å². The van der Waals surface area contributed by atoms with Gasteiger partial charge in [-0.05, 0) is 17.9 Å². The summed E-state index contributed by atoms with van der Waals surface area (Å²) in [6, 6.07) is 1.83. The van der Waals surface area contributed by atoms with Gasteiger partial charge in [-0.2, -0.15) is 11.3 Å². The number of H-pyrrole nitrogens is 1. The molecule has 116 valence electrons. The lowest BCUT2D eigenvalue weighted by Crippen LogP contribution is -2.33. The maximum atomic E-state index is 12.4. The smallest absolute Gasteiger partial charge is 0.255 e. The molecule has 1 aliphatic rings. The van der Waals surface area contributed by atoms with Crippen molar-refractivity contribution in [2.75, 3.05) is 32.1 Å². The monoisotopic (exact) mass is 318 g/mol. The van der Waals surface area contributed by atoms with E-state index >= 15 is 0 Å². The molecule has 2 aromatic heterocycles. The second kappa shape index (κ2) is 5.92. The van der Waals surface area contributed by atoms with Crippen LogP contribution in [0, 0.1) is 0 Å². The van der Waals surface area contributed by atoms with Crippen molar-refractivity contribution in [3.05, 3.63) is 44.0 Å². The van der Waals surface area contributed by atoms with Crippen LogP contribution in [-0.4, -0.2) is 48.0 Å². The average molecular weight is 318 g/mol. The van der Waals surface area contributed by atoms with Gasteiger partial charge in [0.05, 0.1) is 11.3 Å². The fraction of sp³-hybridized carbons (Fsp3) is 0.400. The number of fused-ring (bicyclic) bond motifs is 1. The maximum absolute atomic E-state index is 12.4. The molecule has 0 bridgehead atoms. The Kier molecular flexibility index (Phi) is 3.98. The Balaban J connectivity index is 1.85. The van der Waals surface area contributed by atoms with Crippen LogP contribution in [0.15, 0.2) is 21.6 Å². The Morgan fingerprint density at radius 3 is 2.82 bits per heavy atom. The van der Waals surface area contributed by atoms with E-state index in [0.717, 1.165) is 5.69 Å². The number of anilines is 1. The minimum Gasteiger partial charge on any atom is -0.348 e. The highest BCUT2D eigenvalue weighted by atomic mass is 32.1. The van der Waals surface area contributed by atoms with E-state index in [1.807, 2.05) is 30.9 Å². The molecule has 0 spiro atoms. The topological polar surface area (TPSA) is 69.3 Å². The Hall–Kier alpha value is -2.15. The number of hydrogen-bond donors (Lipinski definition) is 1. The second-order valence-electron chi connectivity index (χ2n) is 5.51. The molecule has 0 saturated heterocycles. The van der Waals surface area contributed by atoms with Crippen molar-refractivity contribution in [1.29, 1.82) is 0 Å². The molecule has 0 saturated carbocycles. The van der Waals surface area contributed by atoms with Gasteiger partial charge in [-0.1, -0.05) is 0 Å². The molecule has 1 aliphatic heterocycles. The Bertz CT molecular complexity index is 736. The summed E-state index contributed by atoms with van der Waals surface area (Å²) < 4.78 is 0. The first-order valence-electron chi connectivity index (χ1n) is 7.17. The van der Waals surface area contributed by atoms with Gasteiger partial charge in [0.25, 0.3) is 11.5 Å². The van der Waals surface area contributed by atoms with Crippen molar-refractivity contribution >= 4 is 23.2 Å². The van der Waals surface area contributed by atoms with E-state index in [4.69, 9.17) is 0 Å². The molecule has 3 rings (SSSR count). The quantitative estimate of drug-likeness (QED) is 0.901. The van der Waals surface area contributed by atoms with Crippen molar-refractivity contribution in [3.8, 4) is 0 Å². The van der Waals surface area contributed by atoms with Gasteiger partial charge < -0.3 is 9.80 Å². The molecule has 3 heterocycles. The summed E-state index contributed by atoms with van der Waals surface area (Å²) >= 11 is 1.51. The number of thiophene rings is 1. The van der Waals surface area contributed by atoms with Crippen LogP contribution in [0.3, 0.4) is 0 Å². The van der Waals surface area contributed by atoms with Crippen LogP contribution in [0.4, 0.5) is 5.95 Å².